The van der Waals surface area contributed by atoms with E-state index in [2.05, 4.69) is 0 Å². The van der Waals surface area contributed by atoms with E-state index < -0.39 is 5.97 Å². The second kappa shape index (κ2) is 3.85. The Morgan fingerprint density at radius 1 is 1.47 bits per heavy atom. The maximum Gasteiger partial charge on any atom is 0.307 e. The van der Waals surface area contributed by atoms with Crippen LogP contribution in [-0.4, -0.2) is 11.1 Å². The van der Waals surface area contributed by atoms with Crippen LogP contribution in [0.3, 0.4) is 0 Å². The first-order chi connectivity index (χ1) is 7.18. The molecule has 0 aromatic heterocycles. The molecule has 0 unspecified atom stereocenters. The van der Waals surface area contributed by atoms with Crippen LogP contribution in [0.15, 0.2) is 24.3 Å². The van der Waals surface area contributed by atoms with Crippen molar-refractivity contribution in [3.8, 4) is 0 Å². The van der Waals surface area contributed by atoms with Gasteiger partial charge in [0.15, 0.2) is 0 Å². The number of carboxylic acids is 1. The monoisotopic (exact) mass is 206 g/mol. The van der Waals surface area contributed by atoms with Gasteiger partial charge in [-0.05, 0) is 35.6 Å². The fraction of sp³-hybridized carbons (Fsp3) is 0.250. The Labute approximate surface area is 87.0 Å². The third-order valence-electron chi connectivity index (χ3n) is 2.59. The van der Waals surface area contributed by atoms with Gasteiger partial charge in [0.05, 0.1) is 6.42 Å². The molecule has 1 aromatic rings. The van der Waals surface area contributed by atoms with Crippen LogP contribution >= 0.6 is 0 Å². The predicted molar refractivity (Wildman–Crippen MR) is 55.0 cm³/mol. The van der Waals surface area contributed by atoms with E-state index >= 15 is 0 Å². The van der Waals surface area contributed by atoms with E-state index in [-0.39, 0.29) is 12.2 Å². The van der Waals surface area contributed by atoms with Gasteiger partial charge in [-0.2, -0.15) is 0 Å². The minimum atomic E-state index is -0.877. The van der Waals surface area contributed by atoms with Crippen molar-refractivity contribution in [1.29, 1.82) is 0 Å². The number of aliphatic carboxylic acids is 1. The maximum absolute atomic E-state index is 13.4. The number of halogens is 1. The van der Waals surface area contributed by atoms with Crippen LogP contribution in [0.25, 0.3) is 5.57 Å². The average molecular weight is 206 g/mol. The molecule has 1 aromatic carbocycles. The lowest BCUT2D eigenvalue weighted by molar-refractivity contribution is -0.135. The van der Waals surface area contributed by atoms with Crippen molar-refractivity contribution in [2.75, 3.05) is 0 Å². The standard InChI is InChI=1S/C12H11FO2/c13-11-6-2-4-9-8(7-12(14)15)3-1-5-10(9)11/h2-4,6H,1,5,7H2,(H,14,15). The van der Waals surface area contributed by atoms with E-state index in [1.807, 2.05) is 6.08 Å². The van der Waals surface area contributed by atoms with Crippen LogP contribution in [0.1, 0.15) is 24.0 Å². The summed E-state index contributed by atoms with van der Waals surface area (Å²) in [5.74, 6) is -1.11. The van der Waals surface area contributed by atoms with Crippen LogP contribution in [0.2, 0.25) is 0 Å². The Kier molecular flexibility index (Phi) is 2.54. The largest absolute Gasteiger partial charge is 0.481 e. The molecular weight excluding hydrogens is 195 g/mol. The zero-order chi connectivity index (χ0) is 10.8. The Hall–Kier alpha value is -1.64. The molecule has 0 radical (unpaired) electrons. The molecule has 3 heteroatoms. The molecule has 0 spiro atoms. The number of benzene rings is 1. The number of rotatable bonds is 2. The third-order valence-corrected chi connectivity index (χ3v) is 2.59. The second-order valence-corrected chi connectivity index (χ2v) is 3.60. The summed E-state index contributed by atoms with van der Waals surface area (Å²) in [5, 5.41) is 8.73. The van der Waals surface area contributed by atoms with Crippen molar-refractivity contribution in [1.82, 2.24) is 0 Å². The van der Waals surface area contributed by atoms with E-state index in [4.69, 9.17) is 5.11 Å². The fourth-order valence-electron chi connectivity index (χ4n) is 1.94. The van der Waals surface area contributed by atoms with Crippen LogP contribution < -0.4 is 0 Å². The van der Waals surface area contributed by atoms with Crippen molar-refractivity contribution in [2.24, 2.45) is 0 Å². The first-order valence-electron chi connectivity index (χ1n) is 4.87. The van der Waals surface area contributed by atoms with E-state index in [0.29, 0.717) is 12.0 Å². The third kappa shape index (κ3) is 1.91. The Bertz CT molecular complexity index is 435. The Balaban J connectivity index is 2.42. The van der Waals surface area contributed by atoms with Crippen LogP contribution in [-0.2, 0) is 11.2 Å². The lowest BCUT2D eigenvalue weighted by Crippen LogP contribution is -2.06. The van der Waals surface area contributed by atoms with Crippen LogP contribution in [0.4, 0.5) is 4.39 Å². The van der Waals surface area contributed by atoms with Crippen LogP contribution in [0, 0.1) is 5.82 Å². The highest BCUT2D eigenvalue weighted by molar-refractivity contribution is 5.85. The Morgan fingerprint density at radius 3 is 3.00 bits per heavy atom. The summed E-state index contributed by atoms with van der Waals surface area (Å²) in [7, 11) is 0. The zero-order valence-electron chi connectivity index (χ0n) is 8.16. The molecule has 78 valence electrons. The first kappa shape index (κ1) is 9.90. The molecule has 1 aliphatic rings. The topological polar surface area (TPSA) is 37.3 Å². The Morgan fingerprint density at radius 2 is 2.27 bits per heavy atom. The summed E-state index contributed by atoms with van der Waals surface area (Å²) in [4.78, 5) is 10.6. The number of hydrogen-bond acceptors (Lipinski definition) is 1. The number of carbonyl (C=O) groups is 1. The smallest absolute Gasteiger partial charge is 0.307 e. The van der Waals surface area contributed by atoms with E-state index in [9.17, 15) is 9.18 Å². The molecule has 0 bridgehead atoms. The molecule has 0 fully saturated rings. The van der Waals surface area contributed by atoms with Crippen molar-refractivity contribution in [2.45, 2.75) is 19.3 Å². The molecule has 0 heterocycles. The quantitative estimate of drug-likeness (QED) is 0.807. The van der Waals surface area contributed by atoms with Gasteiger partial charge in [-0.25, -0.2) is 4.39 Å². The SMILES string of the molecule is O=C(O)CC1=CCCc2c(F)cccc21. The molecular formula is C12H11FO2. The summed E-state index contributed by atoms with van der Waals surface area (Å²) >= 11 is 0. The number of hydrogen-bond donors (Lipinski definition) is 1. The van der Waals surface area contributed by atoms with Gasteiger partial charge >= 0.3 is 5.97 Å². The van der Waals surface area contributed by atoms with Gasteiger partial charge in [0, 0.05) is 0 Å². The highest BCUT2D eigenvalue weighted by Gasteiger charge is 2.17. The predicted octanol–water partition coefficient (Wildman–Crippen LogP) is 2.63. The van der Waals surface area contributed by atoms with E-state index in [1.165, 1.54) is 6.07 Å². The van der Waals surface area contributed by atoms with Crippen molar-refractivity contribution in [3.05, 3.63) is 41.2 Å². The summed E-state index contributed by atoms with van der Waals surface area (Å²) in [6.45, 7) is 0. The van der Waals surface area contributed by atoms with Gasteiger partial charge < -0.3 is 5.11 Å². The molecule has 2 rings (SSSR count). The number of carboxylic acid groups (broad SMARTS) is 1. The lowest BCUT2D eigenvalue weighted by atomic mass is 9.89. The molecule has 1 aliphatic carbocycles. The van der Waals surface area contributed by atoms with Gasteiger partial charge in [0.25, 0.3) is 0 Å². The van der Waals surface area contributed by atoms with Gasteiger partial charge in [-0.15, -0.1) is 0 Å². The summed E-state index contributed by atoms with van der Waals surface area (Å²) in [6, 6.07) is 4.82. The van der Waals surface area contributed by atoms with Gasteiger partial charge in [-0.3, -0.25) is 4.79 Å². The van der Waals surface area contributed by atoms with E-state index in [1.54, 1.807) is 12.1 Å². The summed E-state index contributed by atoms with van der Waals surface area (Å²) in [6.07, 6.45) is 3.23. The van der Waals surface area contributed by atoms with Crippen molar-refractivity contribution in [3.63, 3.8) is 0 Å². The molecule has 1 N–H and O–H groups in total. The summed E-state index contributed by atoms with van der Waals surface area (Å²) < 4.78 is 13.4. The van der Waals surface area contributed by atoms with Crippen LogP contribution in [0.5, 0.6) is 0 Å². The minimum absolute atomic E-state index is 0.0313. The highest BCUT2D eigenvalue weighted by atomic mass is 19.1. The molecule has 15 heavy (non-hydrogen) atoms. The maximum atomic E-state index is 13.4. The summed E-state index contributed by atoms with van der Waals surface area (Å²) in [5.41, 5.74) is 2.13. The number of fused-ring (bicyclic) bond motifs is 1. The van der Waals surface area contributed by atoms with Gasteiger partial charge in [-0.1, -0.05) is 18.2 Å². The molecule has 0 saturated heterocycles. The lowest BCUT2D eigenvalue weighted by Gasteiger charge is -2.16. The molecule has 0 saturated carbocycles. The van der Waals surface area contributed by atoms with Gasteiger partial charge in [0.1, 0.15) is 5.82 Å². The first-order valence-corrected chi connectivity index (χ1v) is 4.87. The van der Waals surface area contributed by atoms with Crippen molar-refractivity contribution >= 4 is 11.5 Å². The van der Waals surface area contributed by atoms with E-state index in [0.717, 1.165) is 17.6 Å². The number of allylic oxidation sites excluding steroid dienone is 1. The fourth-order valence-corrected chi connectivity index (χ4v) is 1.94. The molecule has 0 amide bonds. The average Bonchev–Trinajstić information content (AvgIpc) is 2.19. The normalized spacial score (nSPS) is 14.3. The molecule has 0 atom stereocenters. The molecule has 2 nitrogen and oxygen atoms in total. The molecule has 0 aliphatic heterocycles. The minimum Gasteiger partial charge on any atom is -0.481 e. The second-order valence-electron chi connectivity index (χ2n) is 3.60. The highest BCUT2D eigenvalue weighted by Crippen LogP contribution is 2.30. The van der Waals surface area contributed by atoms with Crippen molar-refractivity contribution < 1.29 is 14.3 Å². The zero-order valence-corrected chi connectivity index (χ0v) is 8.16. The van der Waals surface area contributed by atoms with Gasteiger partial charge in [0.2, 0.25) is 0 Å².